The molecule has 1 aromatic carbocycles. The number of rotatable bonds is 4. The van der Waals surface area contributed by atoms with Gasteiger partial charge in [0.05, 0.1) is 12.7 Å². The maximum absolute atomic E-state index is 9.17. The Morgan fingerprint density at radius 2 is 2.21 bits per heavy atom. The molecule has 0 spiro atoms. The van der Waals surface area contributed by atoms with Crippen LogP contribution < -0.4 is 4.74 Å². The van der Waals surface area contributed by atoms with Gasteiger partial charge in [0.2, 0.25) is 0 Å². The van der Waals surface area contributed by atoms with Gasteiger partial charge in [-0.05, 0) is 49.4 Å². The monoisotopic (exact) mass is 284 g/mol. The molecule has 0 amide bonds. The first-order chi connectivity index (χ1) is 9.13. The fourth-order valence-electron chi connectivity index (χ4n) is 2.45. The van der Waals surface area contributed by atoms with E-state index < -0.39 is 0 Å². The first kappa shape index (κ1) is 14.6. The van der Waals surface area contributed by atoms with E-state index >= 15 is 0 Å². The van der Waals surface area contributed by atoms with Crippen LogP contribution in [0.3, 0.4) is 0 Å². The highest BCUT2D eigenvalue weighted by Crippen LogP contribution is 2.31. The maximum atomic E-state index is 9.17. The van der Waals surface area contributed by atoms with Crippen molar-refractivity contribution in [3.63, 3.8) is 0 Å². The second-order valence-electron chi connectivity index (χ2n) is 4.98. The largest absolute Gasteiger partial charge is 0.464 e. The molecule has 1 saturated heterocycles. The van der Waals surface area contributed by atoms with Crippen LogP contribution in [0.15, 0.2) is 12.1 Å². The summed E-state index contributed by atoms with van der Waals surface area (Å²) in [6, 6.07) is 3.85. The number of benzene rings is 1. The van der Waals surface area contributed by atoms with E-state index in [0.717, 1.165) is 47.6 Å². The first-order valence-corrected chi connectivity index (χ1v) is 7.23. The number of aliphatic hydroxyl groups excluding tert-OH is 1. The van der Waals surface area contributed by atoms with Crippen molar-refractivity contribution in [2.45, 2.75) is 51.9 Å². The second-order valence-corrected chi connectivity index (χ2v) is 5.42. The zero-order valence-electron chi connectivity index (χ0n) is 11.5. The number of hydrogen-bond donors (Lipinski definition) is 1. The van der Waals surface area contributed by atoms with E-state index in [0.29, 0.717) is 0 Å². The van der Waals surface area contributed by atoms with Gasteiger partial charge >= 0.3 is 0 Å². The summed E-state index contributed by atoms with van der Waals surface area (Å²) >= 11 is 6.07. The van der Waals surface area contributed by atoms with Gasteiger partial charge in [-0.15, -0.1) is 0 Å². The van der Waals surface area contributed by atoms with Crippen molar-refractivity contribution < 1.29 is 14.6 Å². The van der Waals surface area contributed by atoms with Gasteiger partial charge in [-0.1, -0.05) is 18.5 Å². The number of aliphatic hydroxyl groups is 1. The Bertz CT molecular complexity index is 434. The van der Waals surface area contributed by atoms with Crippen molar-refractivity contribution in [1.82, 2.24) is 0 Å². The van der Waals surface area contributed by atoms with Crippen LogP contribution in [0.5, 0.6) is 5.75 Å². The minimum absolute atomic E-state index is 0.0556. The lowest BCUT2D eigenvalue weighted by Gasteiger charge is -2.30. The predicted octanol–water partition coefficient (Wildman–Crippen LogP) is 3.48. The maximum Gasteiger partial charge on any atom is 0.200 e. The summed E-state index contributed by atoms with van der Waals surface area (Å²) in [4.78, 5) is 0. The number of halogens is 1. The minimum Gasteiger partial charge on any atom is -0.464 e. The van der Waals surface area contributed by atoms with Gasteiger partial charge in [-0.25, -0.2) is 0 Å². The molecule has 106 valence electrons. The Morgan fingerprint density at radius 3 is 2.89 bits per heavy atom. The minimum atomic E-state index is -0.268. The molecule has 0 aromatic heterocycles. The lowest BCUT2D eigenvalue weighted by molar-refractivity contribution is -0.158. The molecule has 1 N–H and O–H groups in total. The summed E-state index contributed by atoms with van der Waals surface area (Å²) < 4.78 is 11.7. The molecule has 1 unspecified atom stereocenters. The van der Waals surface area contributed by atoms with E-state index in [9.17, 15) is 0 Å². The molecule has 2 atom stereocenters. The van der Waals surface area contributed by atoms with Crippen molar-refractivity contribution in [2.24, 2.45) is 0 Å². The van der Waals surface area contributed by atoms with E-state index in [1.54, 1.807) is 0 Å². The Balaban J connectivity index is 2.14. The summed E-state index contributed by atoms with van der Waals surface area (Å²) in [5.41, 5.74) is 2.12. The molecule has 3 nitrogen and oxygen atoms in total. The van der Waals surface area contributed by atoms with Crippen LogP contribution >= 0.6 is 11.6 Å². The molecule has 19 heavy (non-hydrogen) atoms. The zero-order chi connectivity index (χ0) is 13.8. The SMILES string of the molecule is CCc1cc(Cl)cc(C)c1O[C@H]1CCCC(CO)O1. The Labute approximate surface area is 119 Å². The molecule has 0 bridgehead atoms. The normalized spacial score (nSPS) is 23.4. The number of ether oxygens (including phenoxy) is 2. The Kier molecular flexibility index (Phi) is 5.08. The van der Waals surface area contributed by atoms with Crippen molar-refractivity contribution in [1.29, 1.82) is 0 Å². The molecular formula is C15H21ClO3. The molecule has 1 fully saturated rings. The van der Waals surface area contributed by atoms with Crippen LogP contribution in [0.4, 0.5) is 0 Å². The van der Waals surface area contributed by atoms with Gasteiger partial charge < -0.3 is 14.6 Å². The summed E-state index contributed by atoms with van der Waals surface area (Å²) in [5, 5.41) is 9.90. The quantitative estimate of drug-likeness (QED) is 0.920. The molecule has 2 rings (SSSR count). The molecule has 0 radical (unpaired) electrons. The molecular weight excluding hydrogens is 264 g/mol. The smallest absolute Gasteiger partial charge is 0.200 e. The van der Waals surface area contributed by atoms with Gasteiger partial charge in [0, 0.05) is 11.4 Å². The Hall–Kier alpha value is -0.770. The predicted molar refractivity (Wildman–Crippen MR) is 75.8 cm³/mol. The van der Waals surface area contributed by atoms with Crippen LogP contribution in [0.1, 0.15) is 37.3 Å². The fraction of sp³-hybridized carbons (Fsp3) is 0.600. The first-order valence-electron chi connectivity index (χ1n) is 6.86. The number of aryl methyl sites for hydroxylation is 2. The molecule has 0 saturated carbocycles. The molecule has 4 heteroatoms. The third-order valence-corrected chi connectivity index (χ3v) is 3.68. The summed E-state index contributed by atoms with van der Waals surface area (Å²) in [6.45, 7) is 4.13. The van der Waals surface area contributed by atoms with Crippen LogP contribution in [0, 0.1) is 6.92 Å². The second kappa shape index (κ2) is 6.60. The van der Waals surface area contributed by atoms with Crippen molar-refractivity contribution in [2.75, 3.05) is 6.61 Å². The van der Waals surface area contributed by atoms with Gasteiger partial charge in [0.1, 0.15) is 5.75 Å². The van der Waals surface area contributed by atoms with Crippen LogP contribution in [-0.4, -0.2) is 24.1 Å². The van der Waals surface area contributed by atoms with E-state index in [1.807, 2.05) is 19.1 Å². The topological polar surface area (TPSA) is 38.7 Å². The van der Waals surface area contributed by atoms with Crippen LogP contribution in [0.2, 0.25) is 5.02 Å². The third-order valence-electron chi connectivity index (χ3n) is 3.46. The molecule has 1 heterocycles. The highest BCUT2D eigenvalue weighted by atomic mass is 35.5. The molecule has 1 aromatic rings. The Morgan fingerprint density at radius 1 is 1.42 bits per heavy atom. The summed E-state index contributed by atoms with van der Waals surface area (Å²) in [7, 11) is 0. The molecule has 1 aliphatic rings. The van der Waals surface area contributed by atoms with E-state index in [-0.39, 0.29) is 19.0 Å². The van der Waals surface area contributed by atoms with Crippen molar-refractivity contribution in [3.8, 4) is 5.75 Å². The third kappa shape index (κ3) is 3.62. The molecule has 1 aliphatic heterocycles. The van der Waals surface area contributed by atoms with Crippen LogP contribution in [-0.2, 0) is 11.2 Å². The van der Waals surface area contributed by atoms with Crippen LogP contribution in [0.25, 0.3) is 0 Å². The highest BCUT2D eigenvalue weighted by Gasteiger charge is 2.24. The lowest BCUT2D eigenvalue weighted by Crippen LogP contribution is -2.34. The van der Waals surface area contributed by atoms with Gasteiger partial charge in [-0.2, -0.15) is 0 Å². The van der Waals surface area contributed by atoms with E-state index in [2.05, 4.69) is 6.92 Å². The van der Waals surface area contributed by atoms with Gasteiger partial charge in [0.25, 0.3) is 0 Å². The highest BCUT2D eigenvalue weighted by molar-refractivity contribution is 6.30. The van der Waals surface area contributed by atoms with E-state index in [1.165, 1.54) is 0 Å². The van der Waals surface area contributed by atoms with Gasteiger partial charge in [0.15, 0.2) is 6.29 Å². The lowest BCUT2D eigenvalue weighted by atomic mass is 10.1. The average Bonchev–Trinajstić information content (AvgIpc) is 2.41. The summed E-state index contributed by atoms with van der Waals surface area (Å²) in [5.74, 6) is 0.871. The zero-order valence-corrected chi connectivity index (χ0v) is 12.2. The molecule has 0 aliphatic carbocycles. The van der Waals surface area contributed by atoms with Crippen molar-refractivity contribution >= 4 is 11.6 Å². The standard InChI is InChI=1S/C15H21ClO3/c1-3-11-8-12(16)7-10(2)15(11)19-14-6-4-5-13(9-17)18-14/h7-8,13-14,17H,3-6,9H2,1-2H3/t13?,14-/m0/s1. The van der Waals surface area contributed by atoms with E-state index in [4.69, 9.17) is 26.2 Å². The van der Waals surface area contributed by atoms with Gasteiger partial charge in [-0.3, -0.25) is 0 Å². The fourth-order valence-corrected chi connectivity index (χ4v) is 2.74. The van der Waals surface area contributed by atoms with Crippen molar-refractivity contribution in [3.05, 3.63) is 28.3 Å². The number of hydrogen-bond acceptors (Lipinski definition) is 3. The summed E-state index contributed by atoms with van der Waals surface area (Å²) in [6.07, 6.45) is 3.28. The average molecular weight is 285 g/mol.